The molecule has 0 radical (unpaired) electrons. The van der Waals surface area contributed by atoms with E-state index in [1.54, 1.807) is 12.1 Å². The summed E-state index contributed by atoms with van der Waals surface area (Å²) in [5.74, 6) is -0.369. The second-order valence-corrected chi connectivity index (χ2v) is 5.00. The molecule has 0 fully saturated rings. The van der Waals surface area contributed by atoms with Crippen LogP contribution in [0.1, 0.15) is 51.0 Å². The van der Waals surface area contributed by atoms with E-state index >= 15 is 0 Å². The summed E-state index contributed by atoms with van der Waals surface area (Å²) >= 11 is 5.67. The van der Waals surface area contributed by atoms with Gasteiger partial charge >= 0.3 is 0 Å². The summed E-state index contributed by atoms with van der Waals surface area (Å²) in [5.41, 5.74) is 0.404. The molecule has 0 aliphatic carbocycles. The topological polar surface area (TPSA) is 17.1 Å². The number of unbranched alkanes of at least 4 members (excludes halogenated alkanes) is 4. The lowest BCUT2D eigenvalue weighted by atomic mass is 10.0. The average Bonchev–Trinajstić information content (AvgIpc) is 2.35. The lowest BCUT2D eigenvalue weighted by Gasteiger charge is -2.04. The van der Waals surface area contributed by atoms with Gasteiger partial charge in [0.2, 0.25) is 0 Å². The monoisotopic (exact) mass is 270 g/mol. The predicted octanol–water partition coefficient (Wildman–Crippen LogP) is 4.95. The Hall–Kier alpha value is -0.890. The molecule has 0 saturated carbocycles. The van der Waals surface area contributed by atoms with Crippen LogP contribution in [0, 0.1) is 5.82 Å². The van der Waals surface area contributed by atoms with Gasteiger partial charge in [-0.2, -0.15) is 0 Å². The van der Waals surface area contributed by atoms with E-state index in [1.807, 2.05) is 0 Å². The van der Waals surface area contributed by atoms with Gasteiger partial charge in [0.1, 0.15) is 11.6 Å². The molecular formula is C15H20ClFO. The summed E-state index contributed by atoms with van der Waals surface area (Å²) in [6, 6.07) is 4.79. The summed E-state index contributed by atoms with van der Waals surface area (Å²) in [4.78, 5) is 11.7. The SMILES string of the molecule is CCCCCCCC(=O)Cc1cccc(Cl)c1F. The Balaban J connectivity index is 2.34. The van der Waals surface area contributed by atoms with Crippen molar-refractivity contribution in [1.82, 2.24) is 0 Å². The van der Waals surface area contributed by atoms with Crippen LogP contribution in [0.5, 0.6) is 0 Å². The number of rotatable bonds is 8. The first-order valence-electron chi connectivity index (χ1n) is 6.59. The number of carbonyl (C=O) groups excluding carboxylic acids is 1. The molecule has 0 saturated heterocycles. The van der Waals surface area contributed by atoms with Gasteiger partial charge in [0.05, 0.1) is 5.02 Å². The number of halogens is 2. The minimum atomic E-state index is -0.460. The molecule has 18 heavy (non-hydrogen) atoms. The van der Waals surface area contributed by atoms with Crippen molar-refractivity contribution >= 4 is 17.4 Å². The smallest absolute Gasteiger partial charge is 0.145 e. The molecule has 0 heterocycles. The van der Waals surface area contributed by atoms with E-state index in [0.29, 0.717) is 12.0 Å². The van der Waals surface area contributed by atoms with Gasteiger partial charge in [-0.15, -0.1) is 0 Å². The molecule has 0 aromatic heterocycles. The van der Waals surface area contributed by atoms with Crippen LogP contribution in [-0.2, 0) is 11.2 Å². The first kappa shape index (κ1) is 15.2. The van der Waals surface area contributed by atoms with Gasteiger partial charge < -0.3 is 0 Å². The van der Waals surface area contributed by atoms with Crippen molar-refractivity contribution in [2.24, 2.45) is 0 Å². The van der Waals surface area contributed by atoms with E-state index in [1.165, 1.54) is 25.3 Å². The maximum Gasteiger partial charge on any atom is 0.145 e. The van der Waals surface area contributed by atoms with Crippen LogP contribution < -0.4 is 0 Å². The van der Waals surface area contributed by atoms with Crippen LogP contribution in [0.15, 0.2) is 18.2 Å². The molecule has 0 bridgehead atoms. The maximum atomic E-state index is 13.6. The first-order valence-corrected chi connectivity index (χ1v) is 6.97. The zero-order chi connectivity index (χ0) is 13.4. The zero-order valence-electron chi connectivity index (χ0n) is 10.8. The van der Waals surface area contributed by atoms with Gasteiger partial charge in [-0.25, -0.2) is 4.39 Å². The first-order chi connectivity index (χ1) is 8.65. The molecule has 0 atom stereocenters. The predicted molar refractivity (Wildman–Crippen MR) is 73.5 cm³/mol. The third-order valence-corrected chi connectivity index (χ3v) is 3.27. The summed E-state index contributed by atoms with van der Waals surface area (Å²) in [7, 11) is 0. The van der Waals surface area contributed by atoms with Crippen molar-refractivity contribution in [3.8, 4) is 0 Å². The number of carbonyl (C=O) groups is 1. The fraction of sp³-hybridized carbons (Fsp3) is 0.533. The van der Waals surface area contributed by atoms with Crippen molar-refractivity contribution in [2.75, 3.05) is 0 Å². The largest absolute Gasteiger partial charge is 0.299 e. The van der Waals surface area contributed by atoms with E-state index < -0.39 is 5.82 Å². The summed E-state index contributed by atoms with van der Waals surface area (Å²) in [6.07, 6.45) is 6.27. The maximum absolute atomic E-state index is 13.6. The molecule has 100 valence electrons. The Bertz CT molecular complexity index is 390. The zero-order valence-corrected chi connectivity index (χ0v) is 11.6. The fourth-order valence-electron chi connectivity index (χ4n) is 1.91. The summed E-state index contributed by atoms with van der Waals surface area (Å²) < 4.78 is 13.6. The van der Waals surface area contributed by atoms with Crippen LogP contribution in [-0.4, -0.2) is 5.78 Å². The van der Waals surface area contributed by atoms with Crippen molar-refractivity contribution in [3.05, 3.63) is 34.6 Å². The molecule has 1 nitrogen and oxygen atoms in total. The van der Waals surface area contributed by atoms with E-state index in [4.69, 9.17) is 11.6 Å². The van der Waals surface area contributed by atoms with Crippen LogP contribution >= 0.6 is 11.6 Å². The van der Waals surface area contributed by atoms with Gasteiger partial charge in [-0.3, -0.25) is 4.79 Å². The normalized spacial score (nSPS) is 10.6. The van der Waals surface area contributed by atoms with Crippen molar-refractivity contribution in [2.45, 2.75) is 51.9 Å². The number of hydrogen-bond acceptors (Lipinski definition) is 1. The highest BCUT2D eigenvalue weighted by molar-refractivity contribution is 6.30. The molecule has 0 aliphatic rings. The third kappa shape index (κ3) is 5.18. The molecule has 0 aliphatic heterocycles. The van der Waals surface area contributed by atoms with E-state index in [0.717, 1.165) is 12.8 Å². The second kappa shape index (κ2) is 8.25. The molecule has 1 aromatic rings. The van der Waals surface area contributed by atoms with E-state index in [9.17, 15) is 9.18 Å². The minimum Gasteiger partial charge on any atom is -0.299 e. The Morgan fingerprint density at radius 1 is 1.22 bits per heavy atom. The second-order valence-electron chi connectivity index (χ2n) is 4.59. The minimum absolute atomic E-state index is 0.0863. The lowest BCUT2D eigenvalue weighted by molar-refractivity contribution is -0.118. The van der Waals surface area contributed by atoms with Crippen LogP contribution in [0.3, 0.4) is 0 Å². The van der Waals surface area contributed by atoms with Crippen molar-refractivity contribution < 1.29 is 9.18 Å². The van der Waals surface area contributed by atoms with E-state index in [-0.39, 0.29) is 17.2 Å². The van der Waals surface area contributed by atoms with Gasteiger partial charge in [-0.05, 0) is 18.1 Å². The molecule has 0 amide bonds. The van der Waals surface area contributed by atoms with Crippen LogP contribution in [0.4, 0.5) is 4.39 Å². The van der Waals surface area contributed by atoms with Crippen molar-refractivity contribution in [3.63, 3.8) is 0 Å². The van der Waals surface area contributed by atoms with Crippen LogP contribution in [0.25, 0.3) is 0 Å². The van der Waals surface area contributed by atoms with Gasteiger partial charge in [0.15, 0.2) is 0 Å². The molecule has 0 spiro atoms. The van der Waals surface area contributed by atoms with Crippen LogP contribution in [0.2, 0.25) is 5.02 Å². The standard InChI is InChI=1S/C15H20ClFO/c1-2-3-4-5-6-9-13(18)11-12-8-7-10-14(16)15(12)17/h7-8,10H,2-6,9,11H2,1H3. The number of hydrogen-bond donors (Lipinski definition) is 0. The molecule has 1 aromatic carbocycles. The number of benzene rings is 1. The number of Topliss-reactive ketones (excluding diaryl/α,β-unsaturated/α-hetero) is 1. The highest BCUT2D eigenvalue weighted by atomic mass is 35.5. The molecule has 0 N–H and O–H groups in total. The summed E-state index contributed by atoms with van der Waals surface area (Å²) in [6.45, 7) is 2.16. The van der Waals surface area contributed by atoms with Gasteiger partial charge in [0, 0.05) is 12.8 Å². The van der Waals surface area contributed by atoms with E-state index in [2.05, 4.69) is 6.92 Å². The average molecular weight is 271 g/mol. The highest BCUT2D eigenvalue weighted by Gasteiger charge is 2.10. The molecule has 3 heteroatoms. The number of ketones is 1. The third-order valence-electron chi connectivity index (χ3n) is 2.98. The Kier molecular flexibility index (Phi) is 6.96. The lowest BCUT2D eigenvalue weighted by Crippen LogP contribution is -2.04. The van der Waals surface area contributed by atoms with Crippen molar-refractivity contribution in [1.29, 1.82) is 0 Å². The molecular weight excluding hydrogens is 251 g/mol. The molecule has 1 rings (SSSR count). The quantitative estimate of drug-likeness (QED) is 0.611. The Morgan fingerprint density at radius 3 is 2.67 bits per heavy atom. The fourth-order valence-corrected chi connectivity index (χ4v) is 2.11. The van der Waals surface area contributed by atoms with Gasteiger partial charge in [-0.1, -0.05) is 56.3 Å². The van der Waals surface area contributed by atoms with Gasteiger partial charge in [0.25, 0.3) is 0 Å². The Morgan fingerprint density at radius 2 is 1.94 bits per heavy atom. The molecule has 0 unspecified atom stereocenters. The Labute approximate surface area is 113 Å². The highest BCUT2D eigenvalue weighted by Crippen LogP contribution is 2.19. The summed E-state index contributed by atoms with van der Waals surface area (Å²) in [5, 5.41) is 0.0863.